The van der Waals surface area contributed by atoms with Crippen LogP contribution in [0.15, 0.2) is 4.99 Å². The predicted octanol–water partition coefficient (Wildman–Crippen LogP) is 3.14. The van der Waals surface area contributed by atoms with Gasteiger partial charge in [-0.2, -0.15) is 0 Å². The van der Waals surface area contributed by atoms with Gasteiger partial charge >= 0.3 is 0 Å². The zero-order valence-corrected chi connectivity index (χ0v) is 14.9. The van der Waals surface area contributed by atoms with Crippen LogP contribution in [0.25, 0.3) is 0 Å². The van der Waals surface area contributed by atoms with E-state index in [0.29, 0.717) is 6.10 Å². The summed E-state index contributed by atoms with van der Waals surface area (Å²) >= 11 is 0. The number of nitrogens with zero attached hydrogens (tertiary/aromatic N) is 2. The van der Waals surface area contributed by atoms with E-state index < -0.39 is 0 Å². The topological polar surface area (TPSA) is 50.9 Å². The molecule has 1 heterocycles. The second kappa shape index (κ2) is 10.7. The smallest absolute Gasteiger partial charge is 0.191 e. The molecule has 0 unspecified atom stereocenters. The van der Waals surface area contributed by atoms with Crippen LogP contribution in [0, 0.1) is 0 Å². The fourth-order valence-electron chi connectivity index (χ4n) is 2.96. The van der Waals surface area contributed by atoms with Gasteiger partial charge in [0.25, 0.3) is 0 Å². The second-order valence-corrected chi connectivity index (χ2v) is 5.77. The summed E-state index contributed by atoms with van der Waals surface area (Å²) < 4.78 is 5.89. The molecule has 2 rings (SSSR count). The van der Waals surface area contributed by atoms with Gasteiger partial charge in [0.05, 0.1) is 6.10 Å². The van der Waals surface area contributed by atoms with Crippen LogP contribution in [0.2, 0.25) is 0 Å². The average molecular weight is 395 g/mol. The molecular formula is C15H30IN3O. The summed E-state index contributed by atoms with van der Waals surface area (Å²) in [5.74, 6) is 0.734. The number of halogens is 1. The number of piperidine rings is 1. The van der Waals surface area contributed by atoms with E-state index in [4.69, 9.17) is 10.5 Å². The van der Waals surface area contributed by atoms with Crippen molar-refractivity contribution in [2.45, 2.75) is 63.9 Å². The van der Waals surface area contributed by atoms with Crippen LogP contribution in [0.4, 0.5) is 0 Å². The second-order valence-electron chi connectivity index (χ2n) is 5.77. The lowest BCUT2D eigenvalue weighted by atomic mass is 9.98. The molecule has 0 spiro atoms. The van der Waals surface area contributed by atoms with E-state index in [1.807, 2.05) is 0 Å². The van der Waals surface area contributed by atoms with Gasteiger partial charge < -0.3 is 15.4 Å². The van der Waals surface area contributed by atoms with Gasteiger partial charge in [0.1, 0.15) is 0 Å². The molecule has 4 nitrogen and oxygen atoms in total. The van der Waals surface area contributed by atoms with Crippen LogP contribution in [0.5, 0.6) is 0 Å². The molecule has 0 aromatic heterocycles. The van der Waals surface area contributed by atoms with Crippen LogP contribution in [0.1, 0.15) is 57.8 Å². The molecule has 2 aliphatic rings. The van der Waals surface area contributed by atoms with Gasteiger partial charge in [-0.05, 0) is 38.5 Å². The number of aliphatic imine (C=N–C) groups is 1. The highest BCUT2D eigenvalue weighted by Crippen LogP contribution is 2.20. The van der Waals surface area contributed by atoms with Crippen molar-refractivity contribution >= 4 is 29.9 Å². The van der Waals surface area contributed by atoms with Gasteiger partial charge in [0, 0.05) is 26.2 Å². The molecular weight excluding hydrogens is 365 g/mol. The number of hydrogen-bond donors (Lipinski definition) is 1. The summed E-state index contributed by atoms with van der Waals surface area (Å²) in [6, 6.07) is 0. The van der Waals surface area contributed by atoms with E-state index in [0.717, 1.165) is 38.6 Å². The first-order valence-electron chi connectivity index (χ1n) is 8.03. The molecule has 1 aliphatic heterocycles. The SMILES string of the molecule is I.NC(=NCCCOC1CCCCC1)N1CCCCC1. The van der Waals surface area contributed by atoms with Crippen LogP contribution in [-0.4, -0.2) is 43.2 Å². The Hall–Kier alpha value is -0.0400. The minimum atomic E-state index is 0. The van der Waals surface area contributed by atoms with Crippen molar-refractivity contribution in [3.05, 3.63) is 0 Å². The largest absolute Gasteiger partial charge is 0.378 e. The standard InChI is InChI=1S/C15H29N3O.HI/c16-15(18-11-5-2-6-12-18)17-10-7-13-19-14-8-3-1-4-9-14;/h14H,1-13H2,(H2,16,17);1H. The van der Waals surface area contributed by atoms with Crippen molar-refractivity contribution in [2.24, 2.45) is 10.7 Å². The molecule has 118 valence electrons. The quantitative estimate of drug-likeness (QED) is 0.337. The molecule has 1 aliphatic carbocycles. The number of guanidine groups is 1. The lowest BCUT2D eigenvalue weighted by molar-refractivity contribution is 0.0281. The zero-order chi connectivity index (χ0) is 13.3. The van der Waals surface area contributed by atoms with Crippen LogP contribution < -0.4 is 5.73 Å². The molecule has 20 heavy (non-hydrogen) atoms. The zero-order valence-electron chi connectivity index (χ0n) is 12.6. The normalized spacial score (nSPS) is 21.6. The molecule has 1 saturated heterocycles. The minimum absolute atomic E-state index is 0. The molecule has 0 aromatic carbocycles. The van der Waals surface area contributed by atoms with Gasteiger partial charge in [-0.15, -0.1) is 24.0 Å². The molecule has 1 saturated carbocycles. The van der Waals surface area contributed by atoms with Gasteiger partial charge in [-0.3, -0.25) is 4.99 Å². The number of likely N-dealkylation sites (tertiary alicyclic amines) is 1. The van der Waals surface area contributed by atoms with E-state index in [1.54, 1.807) is 0 Å². The average Bonchev–Trinajstić information content (AvgIpc) is 2.49. The Morgan fingerprint density at radius 1 is 1.05 bits per heavy atom. The molecule has 0 atom stereocenters. The van der Waals surface area contributed by atoms with Crippen LogP contribution in [0.3, 0.4) is 0 Å². The Bertz CT molecular complexity index is 274. The third-order valence-electron chi connectivity index (χ3n) is 4.16. The van der Waals surface area contributed by atoms with E-state index in [1.165, 1.54) is 51.4 Å². The highest BCUT2D eigenvalue weighted by atomic mass is 127. The molecule has 2 N–H and O–H groups in total. The van der Waals surface area contributed by atoms with Crippen LogP contribution in [-0.2, 0) is 4.74 Å². The lowest BCUT2D eigenvalue weighted by Gasteiger charge is -2.27. The summed E-state index contributed by atoms with van der Waals surface area (Å²) in [7, 11) is 0. The first kappa shape index (κ1) is 18.0. The van der Waals surface area contributed by atoms with Crippen molar-refractivity contribution in [3.8, 4) is 0 Å². The first-order valence-corrected chi connectivity index (χ1v) is 8.03. The van der Waals surface area contributed by atoms with Crippen molar-refractivity contribution in [1.82, 2.24) is 4.90 Å². The summed E-state index contributed by atoms with van der Waals surface area (Å²) in [6.45, 7) is 3.79. The number of rotatable bonds is 5. The maximum Gasteiger partial charge on any atom is 0.191 e. The van der Waals surface area contributed by atoms with Gasteiger partial charge in [-0.1, -0.05) is 19.3 Å². The highest BCUT2D eigenvalue weighted by Gasteiger charge is 2.13. The molecule has 2 fully saturated rings. The fourth-order valence-corrected chi connectivity index (χ4v) is 2.96. The van der Waals surface area contributed by atoms with E-state index >= 15 is 0 Å². The van der Waals surface area contributed by atoms with Crippen LogP contribution >= 0.6 is 24.0 Å². The third kappa shape index (κ3) is 6.61. The third-order valence-corrected chi connectivity index (χ3v) is 4.16. The first-order chi connectivity index (χ1) is 9.36. The maximum atomic E-state index is 6.01. The monoisotopic (exact) mass is 395 g/mol. The lowest BCUT2D eigenvalue weighted by Crippen LogP contribution is -2.40. The summed E-state index contributed by atoms with van der Waals surface area (Å²) in [4.78, 5) is 6.68. The number of nitrogens with two attached hydrogens (primary N) is 1. The maximum absolute atomic E-state index is 6.01. The Labute approximate surface area is 140 Å². The number of ether oxygens (including phenoxy) is 1. The van der Waals surface area contributed by atoms with Gasteiger partial charge in [0.15, 0.2) is 5.96 Å². The van der Waals surface area contributed by atoms with E-state index in [-0.39, 0.29) is 24.0 Å². The minimum Gasteiger partial charge on any atom is -0.378 e. The molecule has 0 radical (unpaired) electrons. The highest BCUT2D eigenvalue weighted by molar-refractivity contribution is 14.0. The Balaban J connectivity index is 0.00000200. The summed E-state index contributed by atoms with van der Waals surface area (Å²) in [5, 5.41) is 0. The van der Waals surface area contributed by atoms with Gasteiger partial charge in [0.2, 0.25) is 0 Å². The molecule has 5 heteroatoms. The van der Waals surface area contributed by atoms with Crippen molar-refractivity contribution in [3.63, 3.8) is 0 Å². The summed E-state index contributed by atoms with van der Waals surface area (Å²) in [5.41, 5.74) is 6.01. The Morgan fingerprint density at radius 2 is 1.70 bits per heavy atom. The molecule has 0 aromatic rings. The Kier molecular flexibility index (Phi) is 9.59. The van der Waals surface area contributed by atoms with Crippen molar-refractivity contribution in [1.29, 1.82) is 0 Å². The molecule has 0 bridgehead atoms. The predicted molar refractivity (Wildman–Crippen MR) is 94.8 cm³/mol. The molecule has 0 amide bonds. The summed E-state index contributed by atoms with van der Waals surface area (Å²) in [6.07, 6.45) is 11.9. The van der Waals surface area contributed by atoms with E-state index in [2.05, 4.69) is 9.89 Å². The fraction of sp³-hybridized carbons (Fsp3) is 0.933. The van der Waals surface area contributed by atoms with E-state index in [9.17, 15) is 0 Å². The number of hydrogen-bond acceptors (Lipinski definition) is 2. The Morgan fingerprint density at radius 3 is 2.40 bits per heavy atom. The van der Waals surface area contributed by atoms with Crippen molar-refractivity contribution < 1.29 is 4.74 Å². The van der Waals surface area contributed by atoms with Crippen molar-refractivity contribution in [2.75, 3.05) is 26.2 Å². The van der Waals surface area contributed by atoms with Gasteiger partial charge in [-0.25, -0.2) is 0 Å².